The van der Waals surface area contributed by atoms with Crippen LogP contribution in [0.4, 0.5) is 0 Å². The van der Waals surface area contributed by atoms with Gasteiger partial charge in [-0.15, -0.1) is 0 Å². The van der Waals surface area contributed by atoms with E-state index in [1.807, 2.05) is 0 Å². The monoisotopic (exact) mass is 249 g/mol. The van der Waals surface area contributed by atoms with E-state index >= 15 is 0 Å². The molecule has 0 spiro atoms. The van der Waals surface area contributed by atoms with Crippen molar-refractivity contribution >= 4 is 35.4 Å². The Morgan fingerprint density at radius 2 is 2.00 bits per heavy atom. The van der Waals surface area contributed by atoms with E-state index in [0.29, 0.717) is 11.7 Å². The number of hydrogen-bond donors (Lipinski definition) is 2. The third-order valence-electron chi connectivity index (χ3n) is 1.97. The quantitative estimate of drug-likeness (QED) is 0.511. The number of thioether (sulfide) groups is 1. The van der Waals surface area contributed by atoms with Gasteiger partial charge in [-0.3, -0.25) is 9.59 Å². The predicted molar refractivity (Wildman–Crippen MR) is 68.2 cm³/mol. The van der Waals surface area contributed by atoms with Gasteiger partial charge in [-0.25, -0.2) is 0 Å². The molecule has 0 radical (unpaired) electrons. The molecule has 88 valence electrons. The highest BCUT2D eigenvalue weighted by atomic mass is 32.2. The number of carbonyl (C=O) groups excluding carboxylic acids is 2. The fourth-order valence-corrected chi connectivity index (χ4v) is 2.34. The van der Waals surface area contributed by atoms with Crippen LogP contribution in [0, 0.1) is 0 Å². The van der Waals surface area contributed by atoms with Crippen LogP contribution in [0.1, 0.15) is 39.0 Å². The number of unbranched alkanes of at least 4 members (excludes halogenated alkanes) is 1. The minimum atomic E-state index is -0.238. The first-order valence-corrected chi connectivity index (χ1v) is 6.62. The smallest absolute Gasteiger partial charge is 0.217 e. The average Bonchev–Trinajstić information content (AvgIpc) is 2.11. The lowest BCUT2D eigenvalue weighted by Gasteiger charge is -2.08. The SMILES string of the molecule is CC(=O)SCCC(S)CCCCC(N)=O. The van der Waals surface area contributed by atoms with Crippen molar-refractivity contribution < 1.29 is 9.59 Å². The van der Waals surface area contributed by atoms with Gasteiger partial charge in [0.15, 0.2) is 5.12 Å². The van der Waals surface area contributed by atoms with E-state index in [-0.39, 0.29) is 11.0 Å². The molecule has 0 saturated carbocycles. The van der Waals surface area contributed by atoms with Crippen molar-refractivity contribution in [1.82, 2.24) is 0 Å². The Kier molecular flexibility index (Phi) is 9.00. The van der Waals surface area contributed by atoms with E-state index in [0.717, 1.165) is 31.4 Å². The van der Waals surface area contributed by atoms with E-state index in [4.69, 9.17) is 5.73 Å². The highest BCUT2D eigenvalue weighted by molar-refractivity contribution is 8.13. The van der Waals surface area contributed by atoms with E-state index < -0.39 is 0 Å². The number of rotatable bonds is 8. The van der Waals surface area contributed by atoms with Crippen molar-refractivity contribution in [2.45, 2.75) is 44.3 Å². The summed E-state index contributed by atoms with van der Waals surface area (Å²) in [6, 6.07) is 0. The van der Waals surface area contributed by atoms with Gasteiger partial charge in [0.05, 0.1) is 0 Å². The van der Waals surface area contributed by atoms with Crippen molar-refractivity contribution in [2.75, 3.05) is 5.75 Å². The molecular formula is C10H19NO2S2. The highest BCUT2D eigenvalue weighted by Gasteiger charge is 2.04. The number of primary amides is 1. The molecule has 3 nitrogen and oxygen atoms in total. The molecule has 2 N–H and O–H groups in total. The second-order valence-electron chi connectivity index (χ2n) is 3.49. The maximum atomic E-state index is 10.6. The third kappa shape index (κ3) is 11.8. The van der Waals surface area contributed by atoms with Crippen molar-refractivity contribution in [3.8, 4) is 0 Å². The van der Waals surface area contributed by atoms with Gasteiger partial charge in [-0.05, 0) is 19.3 Å². The number of nitrogens with two attached hydrogens (primary N) is 1. The van der Waals surface area contributed by atoms with Gasteiger partial charge in [0, 0.05) is 24.3 Å². The summed E-state index contributed by atoms with van der Waals surface area (Å²) in [7, 11) is 0. The zero-order valence-electron chi connectivity index (χ0n) is 9.07. The largest absolute Gasteiger partial charge is 0.370 e. The van der Waals surface area contributed by atoms with Crippen LogP contribution in [0.2, 0.25) is 0 Å². The van der Waals surface area contributed by atoms with Gasteiger partial charge in [0.1, 0.15) is 0 Å². The number of carbonyl (C=O) groups is 2. The minimum Gasteiger partial charge on any atom is -0.370 e. The van der Waals surface area contributed by atoms with Crippen molar-refractivity contribution in [2.24, 2.45) is 5.73 Å². The molecule has 15 heavy (non-hydrogen) atoms. The van der Waals surface area contributed by atoms with Gasteiger partial charge in [-0.1, -0.05) is 18.2 Å². The molecule has 0 aromatic heterocycles. The van der Waals surface area contributed by atoms with Crippen LogP contribution in [0.25, 0.3) is 0 Å². The van der Waals surface area contributed by atoms with Crippen LogP contribution in [-0.4, -0.2) is 22.0 Å². The standard InChI is InChI=1S/C10H19NO2S2/c1-8(12)15-7-6-9(14)4-2-3-5-10(11)13/h9,14H,2-7H2,1H3,(H2,11,13). The summed E-state index contributed by atoms with van der Waals surface area (Å²) >= 11 is 5.76. The number of hydrogen-bond acceptors (Lipinski definition) is 4. The van der Waals surface area contributed by atoms with Crippen molar-refractivity contribution in [1.29, 1.82) is 0 Å². The molecule has 0 aromatic carbocycles. The molecule has 0 aliphatic rings. The lowest BCUT2D eigenvalue weighted by molar-refractivity contribution is -0.118. The molecule has 0 heterocycles. The van der Waals surface area contributed by atoms with E-state index in [1.165, 1.54) is 11.8 Å². The topological polar surface area (TPSA) is 60.2 Å². The first-order valence-electron chi connectivity index (χ1n) is 5.12. The van der Waals surface area contributed by atoms with Gasteiger partial charge < -0.3 is 5.73 Å². The van der Waals surface area contributed by atoms with Gasteiger partial charge in [0.25, 0.3) is 0 Å². The molecule has 0 rings (SSSR count). The fourth-order valence-electron chi connectivity index (χ4n) is 1.16. The Morgan fingerprint density at radius 3 is 2.53 bits per heavy atom. The number of amides is 1. The average molecular weight is 249 g/mol. The summed E-state index contributed by atoms with van der Waals surface area (Å²) in [6.07, 6.45) is 4.19. The zero-order chi connectivity index (χ0) is 11.7. The molecule has 1 amide bonds. The van der Waals surface area contributed by atoms with Crippen LogP contribution < -0.4 is 5.73 Å². The Labute approximate surface area is 101 Å². The minimum absolute atomic E-state index is 0.157. The summed E-state index contributed by atoms with van der Waals surface area (Å²) in [5.41, 5.74) is 5.02. The van der Waals surface area contributed by atoms with Crippen molar-refractivity contribution in [3.63, 3.8) is 0 Å². The Bertz CT molecular complexity index is 210. The number of thiol groups is 1. The van der Waals surface area contributed by atoms with E-state index in [9.17, 15) is 9.59 Å². The van der Waals surface area contributed by atoms with Gasteiger partial charge >= 0.3 is 0 Å². The molecule has 1 atom stereocenters. The molecule has 1 unspecified atom stereocenters. The van der Waals surface area contributed by atoms with Crippen LogP contribution in [0.5, 0.6) is 0 Å². The van der Waals surface area contributed by atoms with Gasteiger partial charge in [0.2, 0.25) is 5.91 Å². The molecular weight excluding hydrogens is 230 g/mol. The Balaban J connectivity index is 3.29. The molecule has 0 aliphatic carbocycles. The highest BCUT2D eigenvalue weighted by Crippen LogP contribution is 2.15. The second-order valence-corrected chi connectivity index (χ2v) is 5.50. The molecule has 0 bridgehead atoms. The zero-order valence-corrected chi connectivity index (χ0v) is 10.8. The summed E-state index contributed by atoms with van der Waals surface area (Å²) in [5.74, 6) is 0.595. The van der Waals surface area contributed by atoms with Crippen LogP contribution in [0.3, 0.4) is 0 Å². The predicted octanol–water partition coefficient (Wildman–Crippen LogP) is 2.00. The molecule has 0 saturated heterocycles. The molecule has 5 heteroatoms. The summed E-state index contributed by atoms with van der Waals surface area (Å²) in [5, 5.41) is 0.481. The van der Waals surface area contributed by atoms with E-state index in [2.05, 4.69) is 12.6 Å². The first kappa shape index (κ1) is 14.8. The second kappa shape index (κ2) is 9.09. The maximum Gasteiger partial charge on any atom is 0.217 e. The Morgan fingerprint density at radius 1 is 1.33 bits per heavy atom. The summed E-state index contributed by atoms with van der Waals surface area (Å²) in [4.78, 5) is 21.1. The van der Waals surface area contributed by atoms with Crippen LogP contribution in [-0.2, 0) is 9.59 Å². The first-order chi connectivity index (χ1) is 7.02. The Hall–Kier alpha value is -0.160. The molecule has 0 aromatic rings. The van der Waals surface area contributed by atoms with Crippen LogP contribution >= 0.6 is 24.4 Å². The third-order valence-corrected chi connectivity index (χ3v) is 3.33. The fraction of sp³-hybridized carbons (Fsp3) is 0.800. The normalized spacial score (nSPS) is 12.4. The van der Waals surface area contributed by atoms with Crippen LogP contribution in [0.15, 0.2) is 0 Å². The van der Waals surface area contributed by atoms with Crippen molar-refractivity contribution in [3.05, 3.63) is 0 Å². The van der Waals surface area contributed by atoms with E-state index in [1.54, 1.807) is 6.92 Å². The lowest BCUT2D eigenvalue weighted by atomic mass is 10.1. The van der Waals surface area contributed by atoms with Gasteiger partial charge in [-0.2, -0.15) is 12.6 Å². The summed E-state index contributed by atoms with van der Waals surface area (Å²) < 4.78 is 0. The summed E-state index contributed by atoms with van der Waals surface area (Å²) in [6.45, 7) is 1.57. The molecule has 0 aliphatic heterocycles. The maximum absolute atomic E-state index is 10.6. The lowest BCUT2D eigenvalue weighted by Crippen LogP contribution is -2.10. The molecule has 0 fully saturated rings.